The Morgan fingerprint density at radius 3 is 2.62 bits per heavy atom. The van der Waals surface area contributed by atoms with Gasteiger partial charge in [-0.2, -0.15) is 17.6 Å². The average Bonchev–Trinajstić information content (AvgIpc) is 2.74. The largest absolute Gasteiger partial charge is 0.456 e. The van der Waals surface area contributed by atoms with Crippen molar-refractivity contribution in [3.63, 3.8) is 0 Å². The molecule has 1 aliphatic rings. The smallest absolute Gasteiger partial charge is 0.382 e. The third-order valence-corrected chi connectivity index (χ3v) is 5.52. The van der Waals surface area contributed by atoms with Crippen LogP contribution in [0.4, 0.5) is 17.6 Å². The summed E-state index contributed by atoms with van der Waals surface area (Å²) < 4.78 is 57.6. The quantitative estimate of drug-likeness (QED) is 0.343. The van der Waals surface area contributed by atoms with Crippen LogP contribution in [0.15, 0.2) is 47.6 Å². The summed E-state index contributed by atoms with van der Waals surface area (Å²) in [6, 6.07) is 10.3. The highest BCUT2D eigenvalue weighted by Gasteiger charge is 2.63. The predicted octanol–water partition coefficient (Wildman–Crippen LogP) is 5.16. The van der Waals surface area contributed by atoms with Gasteiger partial charge in [0.05, 0.1) is 11.6 Å². The van der Waals surface area contributed by atoms with E-state index in [2.05, 4.69) is 14.7 Å². The number of ketones is 1. The number of carbonyl (C=O) groups excluding carboxylic acids is 1. The number of aliphatic imine (C=N–C) groups is 1. The molecule has 0 aliphatic carbocycles. The first-order valence-corrected chi connectivity index (χ1v) is 10.3. The molecule has 3 rings (SSSR count). The Labute approximate surface area is 187 Å². The van der Waals surface area contributed by atoms with Crippen LogP contribution in [0.1, 0.15) is 47.8 Å². The van der Waals surface area contributed by atoms with E-state index >= 15 is 0 Å². The standard InChI is InChI=1S/C22H22ClF4N3O2/c1-20(13-32-21(24,19(28)30-20)22(25,26)27)15-7-4-6-14(11-15)5-2-3-8-18(31)17-10-9-16(23)12-29-17/h4,6-7,9-12H,2-3,5,8,13H2,1H3,(H2,28,30). The van der Waals surface area contributed by atoms with E-state index in [1.54, 1.807) is 30.3 Å². The van der Waals surface area contributed by atoms with Crippen molar-refractivity contribution in [2.75, 3.05) is 6.61 Å². The molecule has 1 aliphatic heterocycles. The summed E-state index contributed by atoms with van der Waals surface area (Å²) in [7, 11) is 0. The number of unbranched alkanes of at least 4 members (excludes halogenated alkanes) is 1. The van der Waals surface area contributed by atoms with Gasteiger partial charge in [0.15, 0.2) is 11.6 Å². The molecule has 0 spiro atoms. The van der Waals surface area contributed by atoms with Crippen molar-refractivity contribution < 1.29 is 27.1 Å². The van der Waals surface area contributed by atoms with Gasteiger partial charge in [0.2, 0.25) is 0 Å². The van der Waals surface area contributed by atoms with Crippen molar-refractivity contribution in [1.29, 1.82) is 0 Å². The highest BCUT2D eigenvalue weighted by atomic mass is 35.5. The van der Waals surface area contributed by atoms with Crippen LogP contribution in [0.25, 0.3) is 0 Å². The van der Waals surface area contributed by atoms with Crippen molar-refractivity contribution in [2.45, 2.75) is 50.2 Å². The Morgan fingerprint density at radius 2 is 2.00 bits per heavy atom. The van der Waals surface area contributed by atoms with Gasteiger partial charge in [0, 0.05) is 12.6 Å². The normalized spacial score (nSPS) is 23.6. The second-order valence-electron chi connectivity index (χ2n) is 7.84. The first kappa shape index (κ1) is 24.1. The lowest BCUT2D eigenvalue weighted by Gasteiger charge is -2.38. The van der Waals surface area contributed by atoms with Gasteiger partial charge in [0.1, 0.15) is 11.2 Å². The van der Waals surface area contributed by atoms with E-state index in [0.29, 0.717) is 42.0 Å². The number of hydrogen-bond donors (Lipinski definition) is 1. The van der Waals surface area contributed by atoms with E-state index < -0.39 is 30.0 Å². The number of pyridine rings is 1. The van der Waals surface area contributed by atoms with Gasteiger partial charge in [-0.1, -0.05) is 35.9 Å². The molecule has 0 amide bonds. The maximum atomic E-state index is 14.2. The topological polar surface area (TPSA) is 77.6 Å². The molecule has 10 heteroatoms. The summed E-state index contributed by atoms with van der Waals surface area (Å²) in [5.41, 5.74) is 5.89. The molecule has 2 N–H and O–H groups in total. The zero-order valence-electron chi connectivity index (χ0n) is 17.3. The molecule has 0 saturated carbocycles. The summed E-state index contributed by atoms with van der Waals surface area (Å²) >= 11 is 5.77. The Kier molecular flexibility index (Phi) is 6.90. The molecular weight excluding hydrogens is 450 g/mol. The van der Waals surface area contributed by atoms with Crippen LogP contribution in [0.5, 0.6) is 0 Å². The highest BCUT2D eigenvalue weighted by molar-refractivity contribution is 6.30. The van der Waals surface area contributed by atoms with Crippen LogP contribution in [-0.4, -0.2) is 35.2 Å². The Morgan fingerprint density at radius 1 is 1.25 bits per heavy atom. The summed E-state index contributed by atoms with van der Waals surface area (Å²) in [5, 5.41) is 0.459. The van der Waals surface area contributed by atoms with Gasteiger partial charge in [-0.15, -0.1) is 0 Å². The molecule has 1 aromatic carbocycles. The van der Waals surface area contributed by atoms with Crippen LogP contribution < -0.4 is 5.73 Å². The van der Waals surface area contributed by atoms with Gasteiger partial charge in [-0.05, 0) is 49.4 Å². The van der Waals surface area contributed by atoms with Crippen LogP contribution >= 0.6 is 11.6 Å². The highest BCUT2D eigenvalue weighted by Crippen LogP contribution is 2.42. The second-order valence-corrected chi connectivity index (χ2v) is 8.28. The molecule has 2 atom stereocenters. The predicted molar refractivity (Wildman–Crippen MR) is 112 cm³/mol. The molecule has 0 fully saturated rings. The first-order valence-electron chi connectivity index (χ1n) is 9.94. The third kappa shape index (κ3) is 5.10. The summed E-state index contributed by atoms with van der Waals surface area (Å²) in [5.74, 6) is -5.42. The monoisotopic (exact) mass is 471 g/mol. The Bertz CT molecular complexity index is 1010. The number of aromatic nitrogens is 1. The zero-order valence-corrected chi connectivity index (χ0v) is 18.0. The van der Waals surface area contributed by atoms with Crippen molar-refractivity contribution in [1.82, 2.24) is 4.98 Å². The molecule has 0 saturated heterocycles. The molecule has 2 unspecified atom stereocenters. The van der Waals surface area contributed by atoms with E-state index in [9.17, 15) is 22.4 Å². The van der Waals surface area contributed by atoms with Gasteiger partial charge in [-0.25, -0.2) is 0 Å². The number of amidine groups is 1. The first-order chi connectivity index (χ1) is 14.9. The number of alkyl halides is 4. The minimum Gasteiger partial charge on any atom is -0.382 e. The average molecular weight is 472 g/mol. The molecule has 2 heterocycles. The van der Waals surface area contributed by atoms with E-state index in [1.165, 1.54) is 13.1 Å². The van der Waals surface area contributed by atoms with Gasteiger partial charge in [0.25, 0.3) is 0 Å². The lowest BCUT2D eigenvalue weighted by Crippen LogP contribution is -2.59. The zero-order chi connectivity index (χ0) is 23.6. The Balaban J connectivity index is 1.62. The van der Waals surface area contributed by atoms with Gasteiger partial charge < -0.3 is 10.5 Å². The van der Waals surface area contributed by atoms with E-state index in [0.717, 1.165) is 5.56 Å². The fraction of sp³-hybridized carbons (Fsp3) is 0.409. The number of Topliss-reactive ketones (excluding diaryl/α,β-unsaturated/α-hetero) is 1. The number of nitrogens with two attached hydrogens (primary N) is 1. The summed E-state index contributed by atoms with van der Waals surface area (Å²) in [6.45, 7) is 0.919. The number of halogens is 5. The Hall–Kier alpha value is -2.52. The minimum atomic E-state index is -5.32. The van der Waals surface area contributed by atoms with Crippen LogP contribution in [0.2, 0.25) is 5.02 Å². The number of ether oxygens (including phenoxy) is 1. The van der Waals surface area contributed by atoms with Crippen molar-refractivity contribution >= 4 is 23.2 Å². The molecule has 0 bridgehead atoms. The summed E-state index contributed by atoms with van der Waals surface area (Å²) in [4.78, 5) is 20.0. The van der Waals surface area contributed by atoms with Crippen molar-refractivity contribution in [3.05, 3.63) is 64.4 Å². The molecule has 5 nitrogen and oxygen atoms in total. The molecular formula is C22H22ClF4N3O2. The lowest BCUT2D eigenvalue weighted by molar-refractivity contribution is -0.306. The maximum Gasteiger partial charge on any atom is 0.456 e. The van der Waals surface area contributed by atoms with Gasteiger partial charge in [-0.3, -0.25) is 14.8 Å². The number of nitrogens with zero attached hydrogens (tertiary/aromatic N) is 2. The van der Waals surface area contributed by atoms with E-state index in [4.69, 9.17) is 17.3 Å². The SMILES string of the molecule is CC1(c2cccc(CCCCC(=O)c3ccc(Cl)cn3)c2)COC(F)(C(F)(F)F)C(N)=N1. The van der Waals surface area contributed by atoms with Crippen LogP contribution in [-0.2, 0) is 16.7 Å². The molecule has 2 aromatic rings. The van der Waals surface area contributed by atoms with E-state index in [1.807, 2.05) is 6.07 Å². The fourth-order valence-corrected chi connectivity index (χ4v) is 3.52. The lowest BCUT2D eigenvalue weighted by atomic mass is 9.90. The van der Waals surface area contributed by atoms with Gasteiger partial charge >= 0.3 is 12.0 Å². The van der Waals surface area contributed by atoms with Crippen molar-refractivity contribution in [2.24, 2.45) is 10.7 Å². The van der Waals surface area contributed by atoms with Crippen molar-refractivity contribution in [3.8, 4) is 0 Å². The number of aryl methyl sites for hydroxylation is 1. The third-order valence-electron chi connectivity index (χ3n) is 5.29. The molecule has 32 heavy (non-hydrogen) atoms. The number of carbonyl (C=O) groups is 1. The van der Waals surface area contributed by atoms with E-state index in [-0.39, 0.29) is 5.78 Å². The molecule has 1 aromatic heterocycles. The number of rotatable bonds is 7. The second kappa shape index (κ2) is 9.15. The molecule has 172 valence electrons. The van der Waals surface area contributed by atoms with Crippen LogP contribution in [0, 0.1) is 0 Å². The van der Waals surface area contributed by atoms with Crippen LogP contribution in [0.3, 0.4) is 0 Å². The maximum absolute atomic E-state index is 14.2. The number of benzene rings is 1. The number of hydrogen-bond acceptors (Lipinski definition) is 5. The molecule has 0 radical (unpaired) electrons. The minimum absolute atomic E-state index is 0.0773. The summed E-state index contributed by atoms with van der Waals surface area (Å²) in [6.07, 6.45) is -1.58. The fourth-order valence-electron chi connectivity index (χ4n) is 3.40.